The molecule has 1 saturated carbocycles. The Morgan fingerprint density at radius 2 is 1.79 bits per heavy atom. The molecule has 4 heteroatoms. The minimum absolute atomic E-state index is 0.155. The second kappa shape index (κ2) is 8.36. The number of nitrogens with zero attached hydrogens (tertiary/aromatic N) is 1. The summed E-state index contributed by atoms with van der Waals surface area (Å²) in [6.07, 6.45) is 3.04. The lowest BCUT2D eigenvalue weighted by molar-refractivity contribution is -0.134. The van der Waals surface area contributed by atoms with Gasteiger partial charge in [-0.25, -0.2) is 0 Å². The van der Waals surface area contributed by atoms with Gasteiger partial charge in [-0.2, -0.15) is 0 Å². The first kappa shape index (κ1) is 19.0. The smallest absolute Gasteiger partial charge is 0.226 e. The predicted octanol–water partition coefficient (Wildman–Crippen LogP) is 3.95. The molecule has 4 nitrogen and oxygen atoms in total. The van der Waals surface area contributed by atoms with Gasteiger partial charge < -0.3 is 15.4 Å². The summed E-state index contributed by atoms with van der Waals surface area (Å²) in [6.45, 7) is 4.37. The van der Waals surface area contributed by atoms with Crippen LogP contribution in [0.3, 0.4) is 0 Å². The Morgan fingerprint density at radius 1 is 1.11 bits per heavy atom. The zero-order valence-electron chi connectivity index (χ0n) is 16.6. The number of carbonyl (C=O) groups excluding carboxylic acids is 1. The van der Waals surface area contributed by atoms with E-state index in [2.05, 4.69) is 36.1 Å². The monoisotopic (exact) mass is 378 g/mol. The van der Waals surface area contributed by atoms with Crippen molar-refractivity contribution in [3.05, 3.63) is 65.7 Å². The van der Waals surface area contributed by atoms with E-state index in [1.54, 1.807) is 0 Å². The highest BCUT2D eigenvalue weighted by atomic mass is 16.5. The maximum atomic E-state index is 12.8. The van der Waals surface area contributed by atoms with E-state index in [9.17, 15) is 4.79 Å². The number of likely N-dealkylation sites (tertiary alicyclic amines) is 1. The molecule has 1 amide bonds. The summed E-state index contributed by atoms with van der Waals surface area (Å²) in [5.41, 5.74) is 8.42. The van der Waals surface area contributed by atoms with Crippen molar-refractivity contribution in [2.75, 3.05) is 13.1 Å². The average Bonchev–Trinajstić information content (AvgIpc) is 3.54. The van der Waals surface area contributed by atoms with E-state index in [4.69, 9.17) is 10.5 Å². The van der Waals surface area contributed by atoms with Gasteiger partial charge in [-0.15, -0.1) is 0 Å². The number of rotatable bonds is 6. The van der Waals surface area contributed by atoms with Crippen molar-refractivity contribution in [1.82, 2.24) is 4.90 Å². The molecular formula is C24H30N2O2. The van der Waals surface area contributed by atoms with Crippen LogP contribution in [-0.4, -0.2) is 29.9 Å². The van der Waals surface area contributed by atoms with Crippen LogP contribution >= 0.6 is 0 Å². The van der Waals surface area contributed by atoms with E-state index < -0.39 is 0 Å². The molecule has 0 radical (unpaired) electrons. The third-order valence-electron chi connectivity index (χ3n) is 6.26. The van der Waals surface area contributed by atoms with Gasteiger partial charge in [0.1, 0.15) is 12.4 Å². The first-order valence-corrected chi connectivity index (χ1v) is 10.4. The third-order valence-corrected chi connectivity index (χ3v) is 6.26. The van der Waals surface area contributed by atoms with Crippen molar-refractivity contribution in [3.8, 4) is 5.75 Å². The van der Waals surface area contributed by atoms with Gasteiger partial charge in [-0.05, 0) is 61.3 Å². The van der Waals surface area contributed by atoms with E-state index in [1.165, 1.54) is 5.56 Å². The molecule has 148 valence electrons. The van der Waals surface area contributed by atoms with E-state index in [-0.39, 0.29) is 12.0 Å². The standard InChI is InChI=1S/C24H30N2O2/c1-17(25)19-11-13-26(14-12-19)24(27)23-15-22(23)20-7-9-21(10-8-20)28-16-18-5-3-2-4-6-18/h2-10,17,19,22-23H,11-16,25H2,1H3. The Kier molecular flexibility index (Phi) is 5.67. The molecule has 3 unspecified atom stereocenters. The fraction of sp³-hybridized carbons (Fsp3) is 0.458. The summed E-state index contributed by atoms with van der Waals surface area (Å²) in [5.74, 6) is 2.28. The van der Waals surface area contributed by atoms with Gasteiger partial charge >= 0.3 is 0 Å². The fourth-order valence-corrected chi connectivity index (χ4v) is 4.27. The van der Waals surface area contributed by atoms with Crippen molar-refractivity contribution < 1.29 is 9.53 Å². The van der Waals surface area contributed by atoms with Gasteiger partial charge in [0.25, 0.3) is 0 Å². The van der Waals surface area contributed by atoms with Crippen LogP contribution in [-0.2, 0) is 11.4 Å². The Balaban J connectivity index is 1.27. The first-order chi connectivity index (χ1) is 13.6. The molecule has 0 aromatic heterocycles. The van der Waals surface area contributed by atoms with Crippen LogP contribution in [0.5, 0.6) is 5.75 Å². The number of carbonyl (C=O) groups is 1. The van der Waals surface area contributed by atoms with Crippen LogP contribution in [0.4, 0.5) is 0 Å². The molecule has 3 atom stereocenters. The molecule has 2 N–H and O–H groups in total. The fourth-order valence-electron chi connectivity index (χ4n) is 4.27. The normalized spacial score (nSPS) is 23.3. The minimum Gasteiger partial charge on any atom is -0.489 e. The van der Waals surface area contributed by atoms with Crippen LogP contribution in [0, 0.1) is 11.8 Å². The molecule has 2 aliphatic rings. The Labute approximate surface area is 167 Å². The predicted molar refractivity (Wildman–Crippen MR) is 111 cm³/mol. The summed E-state index contributed by atoms with van der Waals surface area (Å²) < 4.78 is 5.86. The number of amides is 1. The molecule has 1 aliphatic carbocycles. The van der Waals surface area contributed by atoms with Crippen molar-refractivity contribution in [1.29, 1.82) is 0 Å². The van der Waals surface area contributed by atoms with Gasteiger partial charge in [0, 0.05) is 25.0 Å². The lowest BCUT2D eigenvalue weighted by Gasteiger charge is -2.34. The number of ether oxygens (including phenoxy) is 1. The van der Waals surface area contributed by atoms with Gasteiger partial charge in [-0.1, -0.05) is 42.5 Å². The minimum atomic E-state index is 0.155. The van der Waals surface area contributed by atoms with Crippen molar-refractivity contribution in [2.24, 2.45) is 17.6 Å². The topological polar surface area (TPSA) is 55.6 Å². The van der Waals surface area contributed by atoms with Crippen LogP contribution in [0.25, 0.3) is 0 Å². The summed E-state index contributed by atoms with van der Waals surface area (Å²) >= 11 is 0. The molecule has 1 heterocycles. The van der Waals surface area contributed by atoms with Crippen LogP contribution in [0.1, 0.15) is 43.2 Å². The summed E-state index contributed by atoms with van der Waals surface area (Å²) in [7, 11) is 0. The Bertz CT molecular complexity index is 780. The summed E-state index contributed by atoms with van der Waals surface area (Å²) in [4.78, 5) is 14.9. The van der Waals surface area contributed by atoms with Gasteiger partial charge in [-0.3, -0.25) is 4.79 Å². The van der Waals surface area contributed by atoms with E-state index in [1.807, 2.05) is 30.3 Å². The van der Waals surface area contributed by atoms with Crippen molar-refractivity contribution in [2.45, 2.75) is 44.8 Å². The quantitative estimate of drug-likeness (QED) is 0.828. The molecule has 2 fully saturated rings. The molecule has 1 aliphatic heterocycles. The van der Waals surface area contributed by atoms with Gasteiger partial charge in [0.2, 0.25) is 5.91 Å². The first-order valence-electron chi connectivity index (χ1n) is 10.4. The Hall–Kier alpha value is -2.33. The molecular weight excluding hydrogens is 348 g/mol. The number of nitrogens with two attached hydrogens (primary N) is 1. The molecule has 0 spiro atoms. The number of hydrogen-bond donors (Lipinski definition) is 1. The number of hydrogen-bond acceptors (Lipinski definition) is 3. The summed E-state index contributed by atoms with van der Waals surface area (Å²) in [6, 6.07) is 18.7. The Morgan fingerprint density at radius 3 is 2.43 bits per heavy atom. The van der Waals surface area contributed by atoms with E-state index in [0.717, 1.165) is 43.7 Å². The molecule has 4 rings (SSSR count). The van der Waals surface area contributed by atoms with Crippen LogP contribution in [0.2, 0.25) is 0 Å². The maximum absolute atomic E-state index is 12.8. The van der Waals surface area contributed by atoms with E-state index >= 15 is 0 Å². The summed E-state index contributed by atoms with van der Waals surface area (Å²) in [5, 5.41) is 0. The number of piperidine rings is 1. The van der Waals surface area contributed by atoms with Crippen molar-refractivity contribution >= 4 is 5.91 Å². The molecule has 2 aromatic rings. The van der Waals surface area contributed by atoms with E-state index in [0.29, 0.717) is 24.3 Å². The lowest BCUT2D eigenvalue weighted by Crippen LogP contribution is -2.43. The zero-order chi connectivity index (χ0) is 19.5. The zero-order valence-corrected chi connectivity index (χ0v) is 16.6. The lowest BCUT2D eigenvalue weighted by atomic mass is 9.91. The second-order valence-electron chi connectivity index (χ2n) is 8.31. The molecule has 2 aromatic carbocycles. The van der Waals surface area contributed by atoms with Gasteiger partial charge in [0.05, 0.1) is 0 Å². The number of benzene rings is 2. The molecule has 28 heavy (non-hydrogen) atoms. The highest BCUT2D eigenvalue weighted by Gasteiger charge is 2.46. The molecule has 1 saturated heterocycles. The van der Waals surface area contributed by atoms with Crippen LogP contribution in [0.15, 0.2) is 54.6 Å². The SMILES string of the molecule is CC(N)C1CCN(C(=O)C2CC2c2ccc(OCc3ccccc3)cc2)CC1. The van der Waals surface area contributed by atoms with Gasteiger partial charge in [0.15, 0.2) is 0 Å². The van der Waals surface area contributed by atoms with Crippen molar-refractivity contribution in [3.63, 3.8) is 0 Å². The van der Waals surface area contributed by atoms with Crippen LogP contribution < -0.4 is 10.5 Å². The molecule has 0 bridgehead atoms. The third kappa shape index (κ3) is 4.39. The second-order valence-corrected chi connectivity index (χ2v) is 8.31. The highest BCUT2D eigenvalue weighted by Crippen LogP contribution is 2.49. The largest absolute Gasteiger partial charge is 0.489 e. The average molecular weight is 379 g/mol. The maximum Gasteiger partial charge on any atom is 0.226 e. The highest BCUT2D eigenvalue weighted by molar-refractivity contribution is 5.83.